The summed E-state index contributed by atoms with van der Waals surface area (Å²) in [5, 5.41) is 8.93. The van der Waals surface area contributed by atoms with Gasteiger partial charge in [-0.05, 0) is 13.8 Å². The van der Waals surface area contributed by atoms with Crippen LogP contribution in [-0.4, -0.2) is 29.3 Å². The van der Waals surface area contributed by atoms with E-state index in [1.165, 1.54) is 6.92 Å². The van der Waals surface area contributed by atoms with E-state index in [9.17, 15) is 9.59 Å². The highest BCUT2D eigenvalue weighted by molar-refractivity contribution is 5.96. The molecule has 1 atom stereocenters. The van der Waals surface area contributed by atoms with Crippen LogP contribution in [0.3, 0.4) is 0 Å². The van der Waals surface area contributed by atoms with E-state index in [2.05, 4.69) is 9.47 Å². The summed E-state index contributed by atoms with van der Waals surface area (Å²) in [7, 11) is 0. The van der Waals surface area contributed by atoms with Crippen molar-refractivity contribution in [1.82, 2.24) is 0 Å². The third-order valence-corrected chi connectivity index (χ3v) is 1.61. The minimum Gasteiger partial charge on any atom is -0.502 e. The number of rotatable bonds is 2. The summed E-state index contributed by atoms with van der Waals surface area (Å²) in [4.78, 5) is 22.0. The Bertz CT molecular complexity index is 280. The molecule has 0 radical (unpaired) electrons. The molecule has 0 aromatic rings. The van der Waals surface area contributed by atoms with Gasteiger partial charge in [0.25, 0.3) is 0 Å². The number of esters is 2. The maximum atomic E-state index is 11.2. The lowest BCUT2D eigenvalue weighted by molar-refractivity contribution is -0.170. The molecule has 1 aliphatic heterocycles. The number of cyclic esters (lactones) is 1. The molecule has 1 unspecified atom stereocenters. The van der Waals surface area contributed by atoms with Gasteiger partial charge in [0.05, 0.1) is 6.61 Å². The predicted octanol–water partition coefficient (Wildman–Crippen LogP) is 0.307. The summed E-state index contributed by atoms with van der Waals surface area (Å²) >= 11 is 0. The van der Waals surface area contributed by atoms with Crippen LogP contribution >= 0.6 is 0 Å². The lowest BCUT2D eigenvalue weighted by Gasteiger charge is -2.17. The van der Waals surface area contributed by atoms with Crippen LogP contribution in [0.5, 0.6) is 0 Å². The minimum absolute atomic E-state index is 0.195. The summed E-state index contributed by atoms with van der Waals surface area (Å²) in [6.45, 7) is 3.19. The molecule has 72 valence electrons. The summed E-state index contributed by atoms with van der Waals surface area (Å²) < 4.78 is 9.27. The van der Waals surface area contributed by atoms with E-state index >= 15 is 0 Å². The first-order chi connectivity index (χ1) is 5.99. The zero-order valence-corrected chi connectivity index (χ0v) is 7.36. The van der Waals surface area contributed by atoms with Crippen molar-refractivity contribution in [3.8, 4) is 0 Å². The molecule has 5 heteroatoms. The largest absolute Gasteiger partial charge is 0.502 e. The Balaban J connectivity index is 2.80. The van der Waals surface area contributed by atoms with Gasteiger partial charge in [-0.1, -0.05) is 0 Å². The lowest BCUT2D eigenvalue weighted by Crippen LogP contribution is -2.36. The number of carbonyl (C=O) groups excluding carboxylic acids is 2. The van der Waals surface area contributed by atoms with Crippen LogP contribution in [-0.2, 0) is 19.1 Å². The molecule has 0 amide bonds. The second kappa shape index (κ2) is 3.08. The number of aliphatic hydroxyl groups excluding tert-OH is 1. The first kappa shape index (κ1) is 9.57. The molecule has 0 bridgehead atoms. The van der Waals surface area contributed by atoms with Crippen molar-refractivity contribution >= 4 is 11.9 Å². The molecule has 0 spiro atoms. The summed E-state index contributed by atoms with van der Waals surface area (Å²) in [5.41, 5.74) is -1.48. The smallest absolute Gasteiger partial charge is 0.374 e. The zero-order valence-electron chi connectivity index (χ0n) is 7.36. The second-order valence-corrected chi connectivity index (χ2v) is 2.75. The number of hydrogen-bond donors (Lipinski definition) is 1. The van der Waals surface area contributed by atoms with Gasteiger partial charge in [-0.2, -0.15) is 0 Å². The quantitative estimate of drug-likeness (QED) is 0.628. The van der Waals surface area contributed by atoms with Gasteiger partial charge < -0.3 is 14.6 Å². The third kappa shape index (κ3) is 1.63. The molecule has 0 aromatic heterocycles. The maximum Gasteiger partial charge on any atom is 0.374 e. The Kier molecular flexibility index (Phi) is 2.27. The standard InChI is InChI=1S/C8H10O5/c1-3-12-7(11)8(2)4-5(9)6(10)13-8/h4,9H,3H2,1-2H3. The van der Waals surface area contributed by atoms with Crippen molar-refractivity contribution in [1.29, 1.82) is 0 Å². The van der Waals surface area contributed by atoms with Gasteiger partial charge >= 0.3 is 11.9 Å². The molecule has 1 heterocycles. The average molecular weight is 186 g/mol. The molecule has 1 N–H and O–H groups in total. The van der Waals surface area contributed by atoms with Gasteiger partial charge in [0.1, 0.15) is 0 Å². The number of ether oxygens (including phenoxy) is 2. The van der Waals surface area contributed by atoms with Gasteiger partial charge in [0.15, 0.2) is 0 Å². The molecule has 13 heavy (non-hydrogen) atoms. The van der Waals surface area contributed by atoms with Crippen molar-refractivity contribution in [3.63, 3.8) is 0 Å². The molecule has 0 aromatic carbocycles. The maximum absolute atomic E-state index is 11.2. The van der Waals surface area contributed by atoms with Crippen LogP contribution in [0.4, 0.5) is 0 Å². The normalized spacial score (nSPS) is 26.6. The Hall–Kier alpha value is -1.52. The fourth-order valence-electron chi connectivity index (χ4n) is 0.969. The van der Waals surface area contributed by atoms with Crippen molar-refractivity contribution < 1.29 is 24.2 Å². The Labute approximate surface area is 74.9 Å². The first-order valence-corrected chi connectivity index (χ1v) is 3.82. The summed E-state index contributed by atoms with van der Waals surface area (Å²) in [6, 6.07) is 0. The van der Waals surface area contributed by atoms with Crippen molar-refractivity contribution in [2.24, 2.45) is 0 Å². The molecular formula is C8H10O5. The fraction of sp³-hybridized carbons (Fsp3) is 0.500. The Morgan fingerprint density at radius 3 is 2.77 bits per heavy atom. The van der Waals surface area contributed by atoms with Crippen molar-refractivity contribution in [2.45, 2.75) is 19.4 Å². The van der Waals surface area contributed by atoms with Crippen LogP contribution in [0.15, 0.2) is 11.8 Å². The van der Waals surface area contributed by atoms with Gasteiger partial charge in [-0.15, -0.1) is 0 Å². The average Bonchev–Trinajstić information content (AvgIpc) is 2.28. The van der Waals surface area contributed by atoms with E-state index in [1.807, 2.05) is 0 Å². The lowest BCUT2D eigenvalue weighted by atomic mass is 10.1. The molecule has 0 saturated carbocycles. The van der Waals surface area contributed by atoms with Crippen LogP contribution in [0.2, 0.25) is 0 Å². The van der Waals surface area contributed by atoms with Crippen LogP contribution in [0, 0.1) is 0 Å². The highest BCUT2D eigenvalue weighted by atomic mass is 16.6. The first-order valence-electron chi connectivity index (χ1n) is 3.82. The third-order valence-electron chi connectivity index (χ3n) is 1.61. The van der Waals surface area contributed by atoms with Crippen LogP contribution in [0.25, 0.3) is 0 Å². The predicted molar refractivity (Wildman–Crippen MR) is 41.8 cm³/mol. The number of hydrogen-bond acceptors (Lipinski definition) is 5. The summed E-state index contributed by atoms with van der Waals surface area (Å²) in [6.07, 6.45) is 1.04. The topological polar surface area (TPSA) is 72.8 Å². The van der Waals surface area contributed by atoms with E-state index < -0.39 is 23.3 Å². The van der Waals surface area contributed by atoms with Crippen molar-refractivity contribution in [2.75, 3.05) is 6.61 Å². The van der Waals surface area contributed by atoms with Crippen LogP contribution in [0.1, 0.15) is 13.8 Å². The highest BCUT2D eigenvalue weighted by Gasteiger charge is 2.44. The Morgan fingerprint density at radius 1 is 1.77 bits per heavy atom. The van der Waals surface area contributed by atoms with Gasteiger partial charge in [-0.25, -0.2) is 9.59 Å². The fourth-order valence-corrected chi connectivity index (χ4v) is 0.969. The SMILES string of the molecule is CCOC(=O)C1(C)C=C(O)C(=O)O1. The molecular weight excluding hydrogens is 176 g/mol. The molecule has 1 aliphatic rings. The summed E-state index contributed by atoms with van der Waals surface area (Å²) in [5.74, 6) is -2.15. The monoisotopic (exact) mass is 186 g/mol. The molecule has 0 fully saturated rings. The number of carbonyl (C=O) groups is 2. The van der Waals surface area contributed by atoms with Crippen LogP contribution < -0.4 is 0 Å². The van der Waals surface area contributed by atoms with Gasteiger partial charge in [0, 0.05) is 6.08 Å². The molecule has 0 saturated heterocycles. The van der Waals surface area contributed by atoms with Gasteiger partial charge in [0.2, 0.25) is 11.4 Å². The Morgan fingerprint density at radius 2 is 2.38 bits per heavy atom. The van der Waals surface area contributed by atoms with Gasteiger partial charge in [-0.3, -0.25) is 0 Å². The zero-order chi connectivity index (χ0) is 10.1. The molecule has 1 rings (SSSR count). The second-order valence-electron chi connectivity index (χ2n) is 2.75. The van der Waals surface area contributed by atoms with E-state index in [-0.39, 0.29) is 6.61 Å². The van der Waals surface area contributed by atoms with E-state index in [1.54, 1.807) is 6.92 Å². The number of aliphatic hydroxyl groups is 1. The minimum atomic E-state index is -1.48. The van der Waals surface area contributed by atoms with E-state index in [0.29, 0.717) is 0 Å². The van der Waals surface area contributed by atoms with E-state index in [0.717, 1.165) is 6.08 Å². The van der Waals surface area contributed by atoms with Crippen molar-refractivity contribution in [3.05, 3.63) is 11.8 Å². The molecule has 5 nitrogen and oxygen atoms in total. The van der Waals surface area contributed by atoms with E-state index in [4.69, 9.17) is 5.11 Å². The highest BCUT2D eigenvalue weighted by Crippen LogP contribution is 2.24. The molecule has 0 aliphatic carbocycles.